The standard InChI is InChI=1S/C24H28N6O2S/c1-6-18-19(24(3,4)5)33-23(29-18)17(20(25)31)12-27-22-16-11-15(21-28-13(2)32-30-21)8-7-14(16)9-10-26-22/h7-11,17H,6,12H2,1-5H3,(H2,25,31)(H,26,27). The number of carbonyl (C=O) groups excluding carboxylic acids is 1. The van der Waals surface area contributed by atoms with Crippen molar-refractivity contribution in [1.29, 1.82) is 0 Å². The number of nitrogens with zero attached hydrogens (tertiary/aromatic N) is 4. The van der Waals surface area contributed by atoms with Crippen LogP contribution < -0.4 is 11.1 Å². The van der Waals surface area contributed by atoms with Gasteiger partial charge in [0.1, 0.15) is 16.7 Å². The summed E-state index contributed by atoms with van der Waals surface area (Å²) < 4.78 is 5.11. The van der Waals surface area contributed by atoms with Gasteiger partial charge in [0.15, 0.2) is 0 Å². The molecule has 3 N–H and O–H groups in total. The molecule has 3 aromatic heterocycles. The molecule has 1 amide bonds. The molecule has 4 rings (SSSR count). The van der Waals surface area contributed by atoms with Crippen LogP contribution in [0.1, 0.15) is 55.1 Å². The molecule has 0 aliphatic heterocycles. The minimum absolute atomic E-state index is 0.0437. The van der Waals surface area contributed by atoms with Crippen LogP contribution in [0.3, 0.4) is 0 Å². The summed E-state index contributed by atoms with van der Waals surface area (Å²) in [6.45, 7) is 10.6. The zero-order valence-electron chi connectivity index (χ0n) is 19.5. The Kier molecular flexibility index (Phi) is 6.16. The molecule has 0 saturated carbocycles. The Morgan fingerprint density at radius 3 is 2.64 bits per heavy atom. The fourth-order valence-electron chi connectivity index (χ4n) is 3.72. The number of benzene rings is 1. The highest BCUT2D eigenvalue weighted by Crippen LogP contribution is 2.35. The van der Waals surface area contributed by atoms with Gasteiger partial charge in [0.2, 0.25) is 17.6 Å². The minimum atomic E-state index is -0.559. The number of hydrogen-bond acceptors (Lipinski definition) is 8. The van der Waals surface area contributed by atoms with Crippen LogP contribution in [0.15, 0.2) is 35.0 Å². The summed E-state index contributed by atoms with van der Waals surface area (Å²) >= 11 is 1.57. The van der Waals surface area contributed by atoms with Crippen molar-refractivity contribution in [2.75, 3.05) is 11.9 Å². The summed E-state index contributed by atoms with van der Waals surface area (Å²) in [7, 11) is 0. The van der Waals surface area contributed by atoms with Crippen molar-refractivity contribution in [3.63, 3.8) is 0 Å². The van der Waals surface area contributed by atoms with Crippen LogP contribution in [0.4, 0.5) is 5.82 Å². The third kappa shape index (κ3) is 4.73. The number of nitrogens with two attached hydrogens (primary N) is 1. The average Bonchev–Trinajstić information content (AvgIpc) is 3.40. The fourth-order valence-corrected chi connectivity index (χ4v) is 5.04. The molecule has 9 heteroatoms. The second-order valence-electron chi connectivity index (χ2n) is 9.00. The van der Waals surface area contributed by atoms with E-state index in [0.29, 0.717) is 24.1 Å². The lowest BCUT2D eigenvalue weighted by atomic mass is 9.93. The third-order valence-corrected chi connectivity index (χ3v) is 7.03. The van der Waals surface area contributed by atoms with E-state index >= 15 is 0 Å². The molecule has 0 radical (unpaired) electrons. The van der Waals surface area contributed by atoms with Crippen LogP contribution in [-0.4, -0.2) is 32.6 Å². The predicted octanol–water partition coefficient (Wildman–Crippen LogP) is 4.59. The highest BCUT2D eigenvalue weighted by Gasteiger charge is 2.28. The van der Waals surface area contributed by atoms with E-state index in [0.717, 1.165) is 33.5 Å². The maximum atomic E-state index is 12.4. The Balaban J connectivity index is 1.65. The van der Waals surface area contributed by atoms with Crippen molar-refractivity contribution in [2.24, 2.45) is 5.73 Å². The lowest BCUT2D eigenvalue weighted by Gasteiger charge is -2.17. The van der Waals surface area contributed by atoms with Gasteiger partial charge in [-0.05, 0) is 29.4 Å². The number of fused-ring (bicyclic) bond motifs is 1. The molecule has 1 aromatic carbocycles. The molecule has 1 atom stereocenters. The van der Waals surface area contributed by atoms with Crippen molar-refractivity contribution in [3.8, 4) is 11.4 Å². The molecular weight excluding hydrogens is 436 g/mol. The van der Waals surface area contributed by atoms with E-state index in [2.05, 4.69) is 48.1 Å². The van der Waals surface area contributed by atoms with Crippen LogP contribution in [0, 0.1) is 6.92 Å². The molecule has 33 heavy (non-hydrogen) atoms. The maximum absolute atomic E-state index is 12.4. The Morgan fingerprint density at radius 1 is 1.24 bits per heavy atom. The van der Waals surface area contributed by atoms with Crippen molar-refractivity contribution in [3.05, 3.63) is 51.9 Å². The van der Waals surface area contributed by atoms with Crippen LogP contribution in [0.5, 0.6) is 0 Å². The Labute approximate surface area is 196 Å². The van der Waals surface area contributed by atoms with E-state index in [1.807, 2.05) is 24.3 Å². The van der Waals surface area contributed by atoms with E-state index < -0.39 is 11.8 Å². The number of rotatable bonds is 7. The fraction of sp³-hybridized carbons (Fsp3) is 0.375. The van der Waals surface area contributed by atoms with Crippen molar-refractivity contribution >= 4 is 33.8 Å². The van der Waals surface area contributed by atoms with Crippen LogP contribution in [0.25, 0.3) is 22.2 Å². The summed E-state index contributed by atoms with van der Waals surface area (Å²) in [5.74, 6) is 0.704. The number of nitrogens with one attached hydrogen (secondary N) is 1. The van der Waals surface area contributed by atoms with Gasteiger partial charge in [0, 0.05) is 35.5 Å². The van der Waals surface area contributed by atoms with Crippen LogP contribution in [-0.2, 0) is 16.6 Å². The van der Waals surface area contributed by atoms with Crippen molar-refractivity contribution in [1.82, 2.24) is 20.1 Å². The SMILES string of the molecule is CCc1nc(C(CNc2nccc3ccc(-c4noc(C)n4)cc23)C(N)=O)sc1C(C)(C)C. The van der Waals surface area contributed by atoms with E-state index in [-0.39, 0.29) is 5.41 Å². The van der Waals surface area contributed by atoms with Gasteiger partial charge in [-0.1, -0.05) is 45.0 Å². The smallest absolute Gasteiger partial charge is 0.229 e. The van der Waals surface area contributed by atoms with Crippen LogP contribution >= 0.6 is 11.3 Å². The molecule has 4 aromatic rings. The van der Waals surface area contributed by atoms with Crippen molar-refractivity contribution < 1.29 is 9.32 Å². The first-order valence-electron chi connectivity index (χ1n) is 10.9. The number of amides is 1. The van der Waals surface area contributed by atoms with Gasteiger partial charge in [-0.3, -0.25) is 4.79 Å². The van der Waals surface area contributed by atoms with Gasteiger partial charge in [-0.2, -0.15) is 4.98 Å². The predicted molar refractivity (Wildman–Crippen MR) is 130 cm³/mol. The molecule has 0 saturated heterocycles. The van der Waals surface area contributed by atoms with Gasteiger partial charge in [-0.15, -0.1) is 11.3 Å². The summed E-state index contributed by atoms with van der Waals surface area (Å²) in [4.78, 5) is 27.2. The Hall–Kier alpha value is -3.33. The topological polar surface area (TPSA) is 120 Å². The molecule has 0 aliphatic carbocycles. The first-order chi connectivity index (χ1) is 15.7. The molecule has 1 unspecified atom stereocenters. The molecule has 0 aliphatic rings. The van der Waals surface area contributed by atoms with Gasteiger partial charge < -0.3 is 15.6 Å². The number of carbonyl (C=O) groups is 1. The number of anilines is 1. The number of aryl methyl sites for hydroxylation is 2. The molecule has 8 nitrogen and oxygen atoms in total. The third-order valence-electron chi connectivity index (χ3n) is 5.40. The van der Waals surface area contributed by atoms with E-state index in [9.17, 15) is 4.79 Å². The number of pyridine rings is 1. The molecule has 0 bridgehead atoms. The van der Waals surface area contributed by atoms with Crippen LogP contribution in [0.2, 0.25) is 0 Å². The number of primary amides is 1. The van der Waals surface area contributed by atoms with E-state index in [1.54, 1.807) is 24.5 Å². The zero-order chi connectivity index (χ0) is 23.8. The van der Waals surface area contributed by atoms with E-state index in [1.165, 1.54) is 4.88 Å². The lowest BCUT2D eigenvalue weighted by Crippen LogP contribution is -2.27. The molecule has 0 fully saturated rings. The summed E-state index contributed by atoms with van der Waals surface area (Å²) in [6.07, 6.45) is 2.55. The maximum Gasteiger partial charge on any atom is 0.229 e. The average molecular weight is 465 g/mol. The van der Waals surface area contributed by atoms with Gasteiger partial charge in [0.25, 0.3) is 0 Å². The summed E-state index contributed by atoms with van der Waals surface area (Å²) in [5.41, 5.74) is 7.60. The molecule has 0 spiro atoms. The second-order valence-corrected chi connectivity index (χ2v) is 10.0. The lowest BCUT2D eigenvalue weighted by molar-refractivity contribution is -0.119. The highest BCUT2D eigenvalue weighted by atomic mass is 32.1. The largest absolute Gasteiger partial charge is 0.369 e. The number of thiazole rings is 1. The highest BCUT2D eigenvalue weighted by molar-refractivity contribution is 7.12. The Bertz CT molecular complexity index is 1300. The monoisotopic (exact) mass is 464 g/mol. The first-order valence-corrected chi connectivity index (χ1v) is 11.7. The molecule has 172 valence electrons. The van der Waals surface area contributed by atoms with Gasteiger partial charge >= 0.3 is 0 Å². The Morgan fingerprint density at radius 2 is 2.03 bits per heavy atom. The zero-order valence-corrected chi connectivity index (χ0v) is 20.3. The van der Waals surface area contributed by atoms with Crippen molar-refractivity contribution in [2.45, 2.75) is 52.4 Å². The quantitative estimate of drug-likeness (QED) is 0.410. The van der Waals surface area contributed by atoms with E-state index in [4.69, 9.17) is 15.2 Å². The summed E-state index contributed by atoms with van der Waals surface area (Å²) in [6, 6.07) is 7.82. The summed E-state index contributed by atoms with van der Waals surface area (Å²) in [5, 5.41) is 9.96. The number of hydrogen-bond donors (Lipinski definition) is 2. The van der Waals surface area contributed by atoms with Gasteiger partial charge in [-0.25, -0.2) is 9.97 Å². The first kappa shape index (κ1) is 22.8. The second kappa shape index (κ2) is 8.90. The van der Waals surface area contributed by atoms with Gasteiger partial charge in [0.05, 0.1) is 5.69 Å². The molecular formula is C24H28N6O2S. The minimum Gasteiger partial charge on any atom is -0.369 e. The normalized spacial score (nSPS) is 12.8. The number of aromatic nitrogens is 4. The molecule has 3 heterocycles.